The molecule has 4 aliphatic rings. The van der Waals surface area contributed by atoms with Crippen molar-refractivity contribution in [2.75, 3.05) is 19.8 Å². The maximum absolute atomic E-state index is 14.8. The number of allylic oxidation sites excluding steroid dienone is 2. The number of carboxylic acids is 1. The predicted octanol–water partition coefficient (Wildman–Crippen LogP) is 6.02. The fourth-order valence-corrected chi connectivity index (χ4v) is 6.38. The van der Waals surface area contributed by atoms with E-state index in [2.05, 4.69) is 20.8 Å². The maximum atomic E-state index is 14.8. The second kappa shape index (κ2) is 9.10. The van der Waals surface area contributed by atoms with E-state index < -0.39 is 5.97 Å². The lowest BCUT2D eigenvalue weighted by atomic mass is 9.90. The lowest BCUT2D eigenvalue weighted by Crippen LogP contribution is -2.44. The number of rotatable bonds is 8. The molecule has 5 nitrogen and oxygen atoms in total. The van der Waals surface area contributed by atoms with E-state index in [9.17, 15) is 14.3 Å². The summed E-state index contributed by atoms with van der Waals surface area (Å²) in [5, 5.41) is 9.34. The molecule has 0 radical (unpaired) electrons. The summed E-state index contributed by atoms with van der Waals surface area (Å²) in [6.07, 6.45) is 5.53. The van der Waals surface area contributed by atoms with Gasteiger partial charge < -0.3 is 19.3 Å². The summed E-state index contributed by atoms with van der Waals surface area (Å²) >= 11 is 0. The van der Waals surface area contributed by atoms with Crippen molar-refractivity contribution in [3.05, 3.63) is 76.1 Å². The summed E-state index contributed by atoms with van der Waals surface area (Å²) in [7, 11) is 0. The summed E-state index contributed by atoms with van der Waals surface area (Å²) < 4.78 is 32.3. The molecule has 0 aromatic heterocycles. The normalized spacial score (nSPS) is 26.9. The van der Waals surface area contributed by atoms with Gasteiger partial charge in [0.05, 0.1) is 38.4 Å². The minimum absolute atomic E-state index is 0.0804. The highest BCUT2D eigenvalue weighted by Crippen LogP contribution is 2.62. The molecule has 0 amide bonds. The van der Waals surface area contributed by atoms with Crippen LogP contribution < -0.4 is 4.74 Å². The Labute approximate surface area is 216 Å². The number of hydrogen-bond donors (Lipinski definition) is 1. The largest absolute Gasteiger partial charge is 0.493 e. The van der Waals surface area contributed by atoms with Crippen LogP contribution in [0.3, 0.4) is 0 Å². The second-order valence-electron chi connectivity index (χ2n) is 11.6. The van der Waals surface area contributed by atoms with Gasteiger partial charge in [-0.25, -0.2) is 4.39 Å². The number of aryl methyl sites for hydroxylation is 2. The molecule has 194 valence electrons. The number of carboxylic acid groups (broad SMARTS) is 1. The van der Waals surface area contributed by atoms with Crippen LogP contribution in [-0.4, -0.2) is 37.0 Å². The van der Waals surface area contributed by atoms with E-state index in [1.807, 2.05) is 36.4 Å². The van der Waals surface area contributed by atoms with Crippen molar-refractivity contribution in [1.82, 2.24) is 0 Å². The van der Waals surface area contributed by atoms with E-state index >= 15 is 0 Å². The van der Waals surface area contributed by atoms with Crippen LogP contribution in [0.2, 0.25) is 0 Å². The molecule has 1 saturated heterocycles. The monoisotopic (exact) mass is 504 g/mol. The quantitative estimate of drug-likeness (QED) is 0.477. The summed E-state index contributed by atoms with van der Waals surface area (Å²) in [5.74, 6) is 0.0898. The first-order chi connectivity index (χ1) is 17.7. The Balaban J connectivity index is 1.12. The van der Waals surface area contributed by atoms with Gasteiger partial charge in [-0.1, -0.05) is 30.7 Å². The maximum Gasteiger partial charge on any atom is 0.307 e. The Morgan fingerprint density at radius 3 is 2.59 bits per heavy atom. The Bertz CT molecular complexity index is 1300. The van der Waals surface area contributed by atoms with Crippen LogP contribution in [0.15, 0.2) is 53.6 Å². The smallest absolute Gasteiger partial charge is 0.307 e. The zero-order chi connectivity index (χ0) is 25.9. The topological polar surface area (TPSA) is 65.0 Å². The molecule has 6 heteroatoms. The van der Waals surface area contributed by atoms with Gasteiger partial charge in [0.2, 0.25) is 0 Å². The van der Waals surface area contributed by atoms with Crippen molar-refractivity contribution in [2.45, 2.75) is 46.3 Å². The van der Waals surface area contributed by atoms with Gasteiger partial charge in [-0.05, 0) is 84.7 Å². The Morgan fingerprint density at radius 2 is 1.92 bits per heavy atom. The highest BCUT2D eigenvalue weighted by molar-refractivity contribution is 5.77. The zero-order valence-corrected chi connectivity index (χ0v) is 21.6. The number of hydrogen-bond acceptors (Lipinski definition) is 4. The third-order valence-corrected chi connectivity index (χ3v) is 8.42. The summed E-state index contributed by atoms with van der Waals surface area (Å²) in [6.45, 7) is 8.54. The van der Waals surface area contributed by atoms with Crippen LogP contribution in [0.25, 0.3) is 11.1 Å². The lowest BCUT2D eigenvalue weighted by Gasteiger charge is -2.37. The summed E-state index contributed by atoms with van der Waals surface area (Å²) in [6, 6.07) is 9.32. The average Bonchev–Trinajstić information content (AvgIpc) is 3.43. The molecule has 2 fully saturated rings. The van der Waals surface area contributed by atoms with Crippen LogP contribution in [0.5, 0.6) is 5.75 Å². The van der Waals surface area contributed by atoms with Crippen LogP contribution in [0.1, 0.15) is 36.5 Å². The minimum atomic E-state index is -0.686. The van der Waals surface area contributed by atoms with Crippen molar-refractivity contribution in [3.63, 3.8) is 0 Å². The van der Waals surface area contributed by atoms with Crippen LogP contribution >= 0.6 is 0 Å². The number of aliphatic carboxylic acids is 1. The molecule has 6 rings (SSSR count). The summed E-state index contributed by atoms with van der Waals surface area (Å²) in [4.78, 5) is 11.4. The predicted molar refractivity (Wildman–Crippen MR) is 138 cm³/mol. The third-order valence-electron chi connectivity index (χ3n) is 8.42. The molecular formula is C31H33FO5. The first kappa shape index (κ1) is 24.4. The Kier molecular flexibility index (Phi) is 6.00. The zero-order valence-electron chi connectivity index (χ0n) is 21.6. The van der Waals surface area contributed by atoms with Gasteiger partial charge in [-0.2, -0.15) is 0 Å². The first-order valence-corrected chi connectivity index (χ1v) is 13.1. The standard InChI is InChI=1S/C31H33FO5/c1-17-8-23(37-16-31(3)14-35-15-31)9-18(2)27(17)19-4-7-26(32)21(10-19)13-36-22-5-6-24-20(11-22)12-25-28(24)29(25)30(33)34/h4-10,22,25,28-29H,11-16H2,1-3H3,(H,33,34)/t22?,25-,28+,29+/m1/s1. The fraction of sp³-hybridized carbons (Fsp3) is 0.452. The van der Waals surface area contributed by atoms with Crippen molar-refractivity contribution in [2.24, 2.45) is 23.2 Å². The number of halogens is 1. The molecule has 2 aromatic carbocycles. The van der Waals surface area contributed by atoms with Gasteiger partial charge >= 0.3 is 5.97 Å². The minimum Gasteiger partial charge on any atom is -0.493 e. The first-order valence-electron chi connectivity index (χ1n) is 13.1. The molecule has 4 atom stereocenters. The van der Waals surface area contributed by atoms with Crippen LogP contribution in [-0.2, 0) is 20.9 Å². The fourth-order valence-electron chi connectivity index (χ4n) is 6.38. The summed E-state index contributed by atoms with van der Waals surface area (Å²) in [5.41, 5.74) is 7.31. The highest BCUT2D eigenvalue weighted by Gasteiger charge is 2.60. The SMILES string of the molecule is Cc1cc(OCC2(C)COC2)cc(C)c1-c1ccc(F)c(COC2C=CC3=C(C2)C[C@H]2[C@H](C(=O)O)[C@@H]32)c1. The van der Waals surface area contributed by atoms with Gasteiger partial charge in [-0.3, -0.25) is 4.79 Å². The molecule has 3 aliphatic carbocycles. The second-order valence-corrected chi connectivity index (χ2v) is 11.6. The molecule has 1 N–H and O–H groups in total. The molecule has 0 spiro atoms. The lowest BCUT2D eigenvalue weighted by molar-refractivity contribution is -0.139. The van der Waals surface area contributed by atoms with Crippen LogP contribution in [0.4, 0.5) is 4.39 Å². The van der Waals surface area contributed by atoms with E-state index in [0.29, 0.717) is 12.2 Å². The van der Waals surface area contributed by atoms with Gasteiger partial charge in [0.1, 0.15) is 11.6 Å². The van der Waals surface area contributed by atoms with Crippen molar-refractivity contribution in [1.29, 1.82) is 0 Å². The Hall–Kier alpha value is -2.96. The highest BCUT2D eigenvalue weighted by atomic mass is 19.1. The number of benzene rings is 2. The number of fused-ring (bicyclic) bond motifs is 2. The molecular weight excluding hydrogens is 471 g/mol. The Morgan fingerprint density at radius 1 is 1.16 bits per heavy atom. The van der Waals surface area contributed by atoms with E-state index in [1.54, 1.807) is 0 Å². The molecule has 0 bridgehead atoms. The van der Waals surface area contributed by atoms with Gasteiger partial charge in [0, 0.05) is 16.9 Å². The van der Waals surface area contributed by atoms with Gasteiger partial charge in [0.15, 0.2) is 0 Å². The van der Waals surface area contributed by atoms with E-state index in [0.717, 1.165) is 54.1 Å². The number of carbonyl (C=O) groups is 1. The molecule has 2 aromatic rings. The van der Waals surface area contributed by atoms with Gasteiger partial charge in [-0.15, -0.1) is 0 Å². The van der Waals surface area contributed by atoms with E-state index in [1.165, 1.54) is 17.2 Å². The molecule has 1 aliphatic heterocycles. The molecule has 37 heavy (non-hydrogen) atoms. The molecule has 1 heterocycles. The van der Waals surface area contributed by atoms with Crippen molar-refractivity contribution < 1.29 is 28.5 Å². The van der Waals surface area contributed by atoms with Gasteiger partial charge in [0.25, 0.3) is 0 Å². The molecule has 1 unspecified atom stereocenters. The van der Waals surface area contributed by atoms with Crippen LogP contribution in [0, 0.1) is 42.8 Å². The van der Waals surface area contributed by atoms with E-state index in [4.69, 9.17) is 14.2 Å². The third kappa shape index (κ3) is 4.51. The van der Waals surface area contributed by atoms with Crippen molar-refractivity contribution in [3.8, 4) is 16.9 Å². The number of ether oxygens (including phenoxy) is 3. The molecule has 1 saturated carbocycles. The average molecular weight is 505 g/mol. The van der Waals surface area contributed by atoms with Crippen molar-refractivity contribution >= 4 is 5.97 Å². The van der Waals surface area contributed by atoms with E-state index in [-0.39, 0.29) is 41.7 Å².